The fourth-order valence-electron chi connectivity index (χ4n) is 2.28. The number of nitrogens with one attached hydrogen (secondary N) is 1. The number of hydrogen-bond acceptors (Lipinski definition) is 5. The van der Waals surface area contributed by atoms with Crippen LogP contribution in [-0.2, 0) is 0 Å². The predicted molar refractivity (Wildman–Crippen MR) is 125 cm³/mol. The molecule has 0 radical (unpaired) electrons. The molecule has 2 aromatic carbocycles. The highest BCUT2D eigenvalue weighted by molar-refractivity contribution is 14.1. The number of amides is 1. The molecule has 3 aromatic rings. The third-order valence-electron chi connectivity index (χ3n) is 3.62. The monoisotopic (exact) mass is 627 g/mol. The van der Waals surface area contributed by atoms with Crippen LogP contribution in [0.15, 0.2) is 75.0 Å². The molecule has 1 heterocycles. The van der Waals surface area contributed by atoms with E-state index in [1.54, 1.807) is 42.6 Å². The first kappa shape index (κ1) is 21.6. The van der Waals surface area contributed by atoms with Gasteiger partial charge in [0.05, 0.1) is 21.8 Å². The summed E-state index contributed by atoms with van der Waals surface area (Å²) >= 11 is 8.88. The molecule has 0 aliphatic heterocycles. The lowest BCUT2D eigenvalue weighted by Gasteiger charge is -2.11. The number of carbonyl (C=O) groups is 2. The molecular weight excluding hydrogens is 617 g/mol. The van der Waals surface area contributed by atoms with Crippen molar-refractivity contribution in [2.45, 2.75) is 0 Å². The molecule has 146 valence electrons. The Morgan fingerprint density at radius 3 is 2.66 bits per heavy atom. The summed E-state index contributed by atoms with van der Waals surface area (Å²) in [6, 6.07) is 13.9. The second kappa shape index (κ2) is 10.1. The summed E-state index contributed by atoms with van der Waals surface area (Å²) in [5.74, 6) is -0.606. The van der Waals surface area contributed by atoms with Crippen molar-refractivity contribution in [2.75, 3.05) is 0 Å². The highest BCUT2D eigenvalue weighted by Crippen LogP contribution is 2.33. The fraction of sp³-hybridized carbons (Fsp3) is 0. The Morgan fingerprint density at radius 1 is 1.14 bits per heavy atom. The minimum absolute atomic E-state index is 0.289. The van der Waals surface area contributed by atoms with Gasteiger partial charge < -0.3 is 4.74 Å². The van der Waals surface area contributed by atoms with Crippen molar-refractivity contribution in [3.05, 3.63) is 90.1 Å². The Bertz CT molecular complexity index is 1090. The van der Waals surface area contributed by atoms with Crippen LogP contribution in [0.1, 0.15) is 26.3 Å². The molecule has 29 heavy (non-hydrogen) atoms. The molecule has 0 aliphatic rings. The minimum atomic E-state index is -0.493. The lowest BCUT2D eigenvalue weighted by Crippen LogP contribution is -2.18. The Morgan fingerprint density at radius 2 is 1.93 bits per heavy atom. The number of nitrogens with zero attached hydrogens (tertiary/aromatic N) is 2. The second-order valence-electron chi connectivity index (χ2n) is 5.62. The second-order valence-corrected chi connectivity index (χ2v) is 8.55. The van der Waals surface area contributed by atoms with Gasteiger partial charge in [-0.25, -0.2) is 10.2 Å². The molecule has 9 heteroatoms. The van der Waals surface area contributed by atoms with Gasteiger partial charge in [0.2, 0.25) is 0 Å². The van der Waals surface area contributed by atoms with Crippen LogP contribution in [0.25, 0.3) is 0 Å². The Kier molecular flexibility index (Phi) is 7.51. The zero-order chi connectivity index (χ0) is 20.8. The van der Waals surface area contributed by atoms with Crippen LogP contribution >= 0.6 is 54.5 Å². The maximum atomic E-state index is 12.6. The van der Waals surface area contributed by atoms with Crippen LogP contribution in [0.2, 0.25) is 0 Å². The molecule has 1 aromatic heterocycles. The summed E-state index contributed by atoms with van der Waals surface area (Å²) < 4.78 is 7.70. The minimum Gasteiger partial charge on any atom is -0.421 e. The van der Waals surface area contributed by atoms with Crippen molar-refractivity contribution in [1.29, 1.82) is 0 Å². The van der Waals surface area contributed by atoms with E-state index in [-0.39, 0.29) is 5.75 Å². The molecule has 0 spiro atoms. The number of halogens is 3. The van der Waals surface area contributed by atoms with E-state index in [1.165, 1.54) is 12.4 Å². The Balaban J connectivity index is 1.83. The van der Waals surface area contributed by atoms with E-state index in [9.17, 15) is 9.59 Å². The van der Waals surface area contributed by atoms with Crippen molar-refractivity contribution in [3.63, 3.8) is 0 Å². The summed E-state index contributed by atoms with van der Waals surface area (Å²) in [7, 11) is 0. The molecule has 0 bridgehead atoms. The molecule has 0 saturated heterocycles. The topological polar surface area (TPSA) is 80.6 Å². The molecular formula is C20H12Br2IN3O3. The third kappa shape index (κ3) is 5.71. The average molecular weight is 629 g/mol. The normalized spacial score (nSPS) is 10.7. The van der Waals surface area contributed by atoms with Crippen molar-refractivity contribution >= 4 is 72.5 Å². The summed E-state index contributed by atoms with van der Waals surface area (Å²) in [5, 5.41) is 3.97. The summed E-state index contributed by atoms with van der Waals surface area (Å²) in [6.07, 6.45) is 4.42. The molecule has 0 saturated carbocycles. The van der Waals surface area contributed by atoms with E-state index in [2.05, 4.69) is 70.0 Å². The molecule has 1 amide bonds. The Labute approximate surface area is 197 Å². The maximum absolute atomic E-state index is 12.6. The molecule has 0 aliphatic carbocycles. The molecule has 0 fully saturated rings. The highest BCUT2D eigenvalue weighted by atomic mass is 127. The van der Waals surface area contributed by atoms with Gasteiger partial charge in [-0.15, -0.1) is 0 Å². The number of hydrazone groups is 1. The van der Waals surface area contributed by atoms with Gasteiger partial charge in [0.1, 0.15) is 0 Å². The van der Waals surface area contributed by atoms with Crippen LogP contribution in [0.5, 0.6) is 5.75 Å². The molecule has 1 N–H and O–H groups in total. The van der Waals surface area contributed by atoms with Gasteiger partial charge in [-0.3, -0.25) is 9.78 Å². The van der Waals surface area contributed by atoms with Crippen LogP contribution < -0.4 is 10.2 Å². The number of hydrogen-bond donors (Lipinski definition) is 1. The number of pyridine rings is 1. The van der Waals surface area contributed by atoms with E-state index in [0.29, 0.717) is 21.2 Å². The van der Waals surface area contributed by atoms with Crippen LogP contribution in [0.3, 0.4) is 0 Å². The first-order valence-corrected chi connectivity index (χ1v) is 10.8. The number of ether oxygens (including phenoxy) is 1. The Hall–Kier alpha value is -2.11. The zero-order valence-electron chi connectivity index (χ0n) is 14.6. The van der Waals surface area contributed by atoms with Gasteiger partial charge in [0.25, 0.3) is 5.91 Å². The zero-order valence-corrected chi connectivity index (χ0v) is 19.9. The van der Waals surface area contributed by atoms with E-state index < -0.39 is 11.9 Å². The quantitative estimate of drug-likeness (QED) is 0.139. The predicted octanol–water partition coefficient (Wildman–Crippen LogP) is 5.19. The van der Waals surface area contributed by atoms with E-state index in [1.807, 2.05) is 12.1 Å². The molecule has 6 nitrogen and oxygen atoms in total. The average Bonchev–Trinajstić information content (AvgIpc) is 2.71. The smallest absolute Gasteiger partial charge is 0.344 e. The van der Waals surface area contributed by atoms with Crippen LogP contribution in [-0.4, -0.2) is 23.1 Å². The van der Waals surface area contributed by atoms with Gasteiger partial charge in [-0.05, 0) is 74.9 Å². The van der Waals surface area contributed by atoms with Crippen LogP contribution in [0, 0.1) is 3.57 Å². The van der Waals surface area contributed by atoms with E-state index in [0.717, 1.165) is 8.04 Å². The first-order chi connectivity index (χ1) is 14.0. The van der Waals surface area contributed by atoms with E-state index in [4.69, 9.17) is 4.74 Å². The first-order valence-electron chi connectivity index (χ1n) is 8.15. The summed E-state index contributed by atoms with van der Waals surface area (Å²) in [5.41, 5.74) is 3.76. The fourth-order valence-corrected chi connectivity index (χ4v) is 4.23. The largest absolute Gasteiger partial charge is 0.421 e. The number of rotatable bonds is 5. The number of carbonyl (C=O) groups excluding carboxylic acids is 2. The van der Waals surface area contributed by atoms with Crippen molar-refractivity contribution in [1.82, 2.24) is 10.4 Å². The molecule has 0 atom stereocenters. The third-order valence-corrected chi connectivity index (χ3v) is 5.61. The summed E-state index contributed by atoms with van der Waals surface area (Å²) in [6.45, 7) is 0. The number of esters is 1. The maximum Gasteiger partial charge on any atom is 0.344 e. The lowest BCUT2D eigenvalue weighted by molar-refractivity contribution is 0.0731. The van der Waals surface area contributed by atoms with Gasteiger partial charge in [-0.2, -0.15) is 5.10 Å². The number of aromatic nitrogens is 1. The van der Waals surface area contributed by atoms with Gasteiger partial charge in [-0.1, -0.05) is 28.1 Å². The van der Waals surface area contributed by atoms with Gasteiger partial charge in [0, 0.05) is 26.0 Å². The molecule has 0 unspecified atom stereocenters. The van der Waals surface area contributed by atoms with Crippen LogP contribution in [0.4, 0.5) is 0 Å². The van der Waals surface area contributed by atoms with Crippen molar-refractivity contribution in [3.8, 4) is 5.75 Å². The van der Waals surface area contributed by atoms with Gasteiger partial charge in [0.15, 0.2) is 5.75 Å². The SMILES string of the molecule is O=C(N/N=C\c1cc(Br)cc(Br)c1OC(=O)c1ccccc1I)c1cccnc1. The summed E-state index contributed by atoms with van der Waals surface area (Å²) in [4.78, 5) is 28.6. The standard InChI is InChI=1S/C20H12Br2IN3O3/c21-14-8-13(11-25-26-19(27)12-4-3-7-24-10-12)18(16(22)9-14)29-20(28)15-5-1-2-6-17(15)23/h1-11H,(H,26,27)/b25-11-. The van der Waals surface area contributed by atoms with E-state index >= 15 is 0 Å². The van der Waals surface area contributed by atoms with Crippen molar-refractivity contribution in [2.24, 2.45) is 5.10 Å². The van der Waals surface area contributed by atoms with Gasteiger partial charge >= 0.3 is 5.97 Å². The number of benzene rings is 2. The lowest BCUT2D eigenvalue weighted by atomic mass is 10.2. The van der Waals surface area contributed by atoms with Crippen molar-refractivity contribution < 1.29 is 14.3 Å². The molecule has 3 rings (SSSR count). The highest BCUT2D eigenvalue weighted by Gasteiger charge is 2.17.